The van der Waals surface area contributed by atoms with Crippen molar-refractivity contribution in [2.45, 2.75) is 12.8 Å². The van der Waals surface area contributed by atoms with Crippen LogP contribution in [0.5, 0.6) is 0 Å². The van der Waals surface area contributed by atoms with Crippen molar-refractivity contribution in [2.24, 2.45) is 0 Å². The van der Waals surface area contributed by atoms with Gasteiger partial charge in [0.2, 0.25) is 0 Å². The molecule has 6 rings (SSSR count). The Morgan fingerprint density at radius 2 is 0.956 bits per heavy atom. The number of allylic oxidation sites excluding steroid dienone is 8. The second-order valence-electron chi connectivity index (χ2n) is 10.6. The van der Waals surface area contributed by atoms with Crippen molar-refractivity contribution in [1.29, 1.82) is 0 Å². The van der Waals surface area contributed by atoms with E-state index in [1.807, 2.05) is 24.3 Å². The second-order valence-corrected chi connectivity index (χ2v) is 17.3. The predicted octanol–water partition coefficient (Wildman–Crippen LogP) is 8.61. The maximum absolute atomic E-state index is 17.0. The third-order valence-electron chi connectivity index (χ3n) is 8.01. The zero-order valence-corrected chi connectivity index (χ0v) is 27.0. The molecule has 0 radical (unpaired) electrons. The summed E-state index contributed by atoms with van der Waals surface area (Å²) in [5.74, 6) is -3.60. The van der Waals surface area contributed by atoms with Crippen molar-refractivity contribution in [3.05, 3.63) is 164 Å². The zero-order valence-electron chi connectivity index (χ0n) is 23.8. The van der Waals surface area contributed by atoms with Gasteiger partial charge in [0.05, 0.1) is 0 Å². The number of rotatable bonds is 8. The van der Waals surface area contributed by atoms with Crippen LogP contribution in [0.2, 0.25) is 0 Å². The molecule has 0 saturated carbocycles. The molecule has 4 aromatic carbocycles. The van der Waals surface area contributed by atoms with Crippen LogP contribution in [-0.4, -0.2) is 9.98 Å². The quantitative estimate of drug-likeness (QED) is 0.111. The van der Waals surface area contributed by atoms with E-state index in [4.69, 9.17) is 24.4 Å². The monoisotopic (exact) mass is 674 g/mol. The Bertz CT molecular complexity index is 1790. The summed E-state index contributed by atoms with van der Waals surface area (Å²) >= 11 is 6.03. The van der Waals surface area contributed by atoms with Crippen molar-refractivity contribution in [2.75, 3.05) is 10.6 Å². The molecular formula is C36H26F4N2S2Ti. The second kappa shape index (κ2) is 13.2. The Morgan fingerprint density at radius 3 is 1.31 bits per heavy atom. The molecule has 0 fully saturated rings. The molecule has 0 amide bonds. The average molecular weight is 675 g/mol. The molecule has 4 aromatic rings. The maximum atomic E-state index is 17.0. The third-order valence-corrected chi connectivity index (χ3v) is 16.6. The first-order valence-electron chi connectivity index (χ1n) is 14.2. The van der Waals surface area contributed by atoms with Crippen LogP contribution in [0.4, 0.5) is 28.9 Å². The number of halogens is 4. The molecule has 2 aliphatic rings. The molecule has 45 heavy (non-hydrogen) atoms. The van der Waals surface area contributed by atoms with Gasteiger partial charge < -0.3 is 0 Å². The summed E-state index contributed by atoms with van der Waals surface area (Å²) in [6, 6.07) is 22.7. The topological polar surface area (TPSA) is 24.1 Å². The minimum absolute atomic E-state index is 0.0753. The molecule has 0 saturated heterocycles. The molecule has 9 heteroatoms. The molecule has 2 nitrogen and oxygen atoms in total. The van der Waals surface area contributed by atoms with Crippen molar-refractivity contribution in [3.63, 3.8) is 0 Å². The van der Waals surface area contributed by atoms with Crippen LogP contribution in [0.3, 0.4) is 0 Å². The van der Waals surface area contributed by atoms with Crippen molar-refractivity contribution in [1.82, 2.24) is 0 Å². The van der Waals surface area contributed by atoms with E-state index >= 15 is 17.6 Å². The van der Waals surface area contributed by atoms with Gasteiger partial charge in [-0.3, -0.25) is 0 Å². The zero-order chi connectivity index (χ0) is 31.6. The van der Waals surface area contributed by atoms with Crippen LogP contribution in [0.1, 0.15) is 24.0 Å². The molecule has 0 spiro atoms. The standard InChI is InChI=1S/2C13H8F2NS.2C5H5.Ti/c2*14-10-6-7-12(11(15)8-10)16-13(17)9-4-2-1-3-5-9;2*1-2-4-5-3-1;/h2*1-7H,(H,16,17);2*1-3H,4H2;. The summed E-state index contributed by atoms with van der Waals surface area (Å²) in [6.45, 7) is 0. The first kappa shape index (κ1) is 31.1. The van der Waals surface area contributed by atoms with Gasteiger partial charge >= 0.3 is 275 Å². The van der Waals surface area contributed by atoms with E-state index in [9.17, 15) is 0 Å². The van der Waals surface area contributed by atoms with Crippen LogP contribution in [-0.2, 0) is 16.6 Å². The van der Waals surface area contributed by atoms with Crippen LogP contribution in [0, 0.1) is 23.3 Å². The number of benzene rings is 4. The molecule has 224 valence electrons. The van der Waals surface area contributed by atoms with Gasteiger partial charge in [-0.15, -0.1) is 0 Å². The molecule has 2 aliphatic carbocycles. The van der Waals surface area contributed by atoms with Gasteiger partial charge in [0.15, 0.2) is 0 Å². The first-order chi connectivity index (χ1) is 21.8. The molecule has 0 unspecified atom stereocenters. The predicted molar refractivity (Wildman–Crippen MR) is 179 cm³/mol. The van der Waals surface area contributed by atoms with Gasteiger partial charge in [0, 0.05) is 0 Å². The fourth-order valence-corrected chi connectivity index (χ4v) is 14.7. The molecular weight excluding hydrogens is 648 g/mol. The van der Waals surface area contributed by atoms with Crippen LogP contribution >= 0.6 is 24.4 Å². The van der Waals surface area contributed by atoms with Gasteiger partial charge in [0.1, 0.15) is 0 Å². The van der Waals surface area contributed by atoms with Gasteiger partial charge in [0.25, 0.3) is 0 Å². The summed E-state index contributed by atoms with van der Waals surface area (Å²) in [4.78, 5) is 0.457. The molecule has 0 aliphatic heterocycles. The normalized spacial score (nSPS) is 13.9. The fraction of sp³-hybridized carbons (Fsp3) is 0.0556. The van der Waals surface area contributed by atoms with E-state index in [0.29, 0.717) is 31.7 Å². The van der Waals surface area contributed by atoms with E-state index in [-0.39, 0.29) is 29.1 Å². The summed E-state index contributed by atoms with van der Waals surface area (Å²) in [7, 11) is 0. The Hall–Kier alpha value is -3.95. The van der Waals surface area contributed by atoms with Gasteiger partial charge in [-0.25, -0.2) is 0 Å². The summed E-state index contributed by atoms with van der Waals surface area (Å²) < 4.78 is 67.3. The third kappa shape index (κ3) is 5.79. The van der Waals surface area contributed by atoms with E-state index < -0.39 is 39.9 Å². The minimum atomic E-state index is -5.04. The van der Waals surface area contributed by atoms with Crippen LogP contribution in [0.15, 0.2) is 129 Å². The Balaban J connectivity index is 1.58. The molecule has 0 aromatic heterocycles. The fourth-order valence-electron chi connectivity index (χ4n) is 5.98. The Morgan fingerprint density at radius 1 is 0.556 bits per heavy atom. The number of hydrogen-bond donors (Lipinski definition) is 2. The van der Waals surface area contributed by atoms with Crippen LogP contribution in [0.25, 0.3) is 0 Å². The van der Waals surface area contributed by atoms with E-state index in [1.54, 1.807) is 72.8 Å². The van der Waals surface area contributed by atoms with E-state index in [1.165, 1.54) is 12.1 Å². The van der Waals surface area contributed by atoms with Gasteiger partial charge in [-0.1, -0.05) is 0 Å². The van der Waals surface area contributed by atoms with Gasteiger partial charge in [-0.05, 0) is 0 Å². The van der Waals surface area contributed by atoms with Gasteiger partial charge in [-0.2, -0.15) is 0 Å². The first-order valence-corrected chi connectivity index (χ1v) is 18.2. The molecule has 0 atom stereocenters. The molecule has 2 N–H and O–H groups in total. The van der Waals surface area contributed by atoms with Crippen LogP contribution < -0.4 is 18.4 Å². The summed E-state index contributed by atoms with van der Waals surface area (Å²) in [5, 5.41) is 5.83. The number of anilines is 2. The number of thiocarbonyl (C=S) groups is 2. The van der Waals surface area contributed by atoms with E-state index in [0.717, 1.165) is 12.1 Å². The SMILES string of the molecule is Fc1ccc(NC(=S)c2ccccc2)c(F)[c]1[Ti]([C]1=CC=CC1)([C]1=CC=CC1)[c]1c(F)ccc(NC(=S)c2ccccc2)c1F. The number of nitrogens with one attached hydrogen (secondary N) is 2. The van der Waals surface area contributed by atoms with Crippen molar-refractivity contribution in [3.8, 4) is 0 Å². The van der Waals surface area contributed by atoms with Crippen molar-refractivity contribution >= 4 is 53.5 Å². The molecule has 0 heterocycles. The summed E-state index contributed by atoms with van der Waals surface area (Å²) in [5.41, 5.74) is 1.13. The average Bonchev–Trinajstić information content (AvgIpc) is 3.80. The summed E-state index contributed by atoms with van der Waals surface area (Å²) in [6.07, 6.45) is 11.3. The Kier molecular flexibility index (Phi) is 9.10. The van der Waals surface area contributed by atoms with E-state index in [2.05, 4.69) is 10.6 Å². The Labute approximate surface area is 273 Å². The molecule has 0 bridgehead atoms. The number of hydrogen-bond acceptors (Lipinski definition) is 2. The van der Waals surface area contributed by atoms with Crippen molar-refractivity contribution < 1.29 is 34.2 Å².